The van der Waals surface area contributed by atoms with Gasteiger partial charge in [-0.15, -0.1) is 0 Å². The molecule has 2 aromatic rings. The second-order valence-corrected chi connectivity index (χ2v) is 9.01. The second-order valence-electron chi connectivity index (χ2n) is 9.01. The standard InChI is InChI=1S/C21H25NO3/c1-19(2)9-21(17-11(19)5-6-14(23)18(17)22)10-20(3,4)12-7-15(24)16(25)8-13(12)21/h5-8,23-25H,9-10,22H2,1-4H3. The fourth-order valence-electron chi connectivity index (χ4n) is 5.48. The van der Waals surface area contributed by atoms with Crippen LogP contribution in [0.15, 0.2) is 24.3 Å². The second kappa shape index (κ2) is 4.43. The predicted octanol–water partition coefficient (Wildman–Crippen LogP) is 4.03. The molecular weight excluding hydrogens is 314 g/mol. The largest absolute Gasteiger partial charge is 0.506 e. The highest BCUT2D eigenvalue weighted by atomic mass is 16.3. The van der Waals surface area contributed by atoms with E-state index in [0.717, 1.165) is 35.1 Å². The molecule has 2 aliphatic rings. The summed E-state index contributed by atoms with van der Waals surface area (Å²) in [5.74, 6) is -0.101. The molecule has 4 heteroatoms. The highest BCUT2D eigenvalue weighted by Crippen LogP contribution is 2.65. The van der Waals surface area contributed by atoms with Gasteiger partial charge in [0.15, 0.2) is 11.5 Å². The van der Waals surface area contributed by atoms with Gasteiger partial charge in [0.05, 0.1) is 5.69 Å². The van der Waals surface area contributed by atoms with E-state index in [0.29, 0.717) is 5.69 Å². The van der Waals surface area contributed by atoms with Crippen LogP contribution in [0.3, 0.4) is 0 Å². The minimum atomic E-state index is -0.369. The van der Waals surface area contributed by atoms with E-state index in [9.17, 15) is 15.3 Å². The maximum Gasteiger partial charge on any atom is 0.157 e. The molecule has 2 aliphatic carbocycles. The lowest BCUT2D eigenvalue weighted by Crippen LogP contribution is -2.27. The van der Waals surface area contributed by atoms with Gasteiger partial charge in [-0.25, -0.2) is 0 Å². The Labute approximate surface area is 147 Å². The molecule has 25 heavy (non-hydrogen) atoms. The molecule has 132 valence electrons. The smallest absolute Gasteiger partial charge is 0.157 e. The number of nitrogens with two attached hydrogens (primary N) is 1. The van der Waals surface area contributed by atoms with Crippen LogP contribution in [-0.4, -0.2) is 15.3 Å². The zero-order chi connectivity index (χ0) is 18.4. The summed E-state index contributed by atoms with van der Waals surface area (Å²) in [6.07, 6.45) is 1.67. The maximum absolute atomic E-state index is 10.3. The van der Waals surface area contributed by atoms with Gasteiger partial charge in [-0.2, -0.15) is 0 Å². The average Bonchev–Trinajstić information content (AvgIpc) is 2.84. The molecule has 1 atom stereocenters. The predicted molar refractivity (Wildman–Crippen MR) is 98.4 cm³/mol. The number of benzene rings is 2. The van der Waals surface area contributed by atoms with E-state index in [-0.39, 0.29) is 33.5 Å². The molecule has 5 N–H and O–H groups in total. The van der Waals surface area contributed by atoms with E-state index < -0.39 is 0 Å². The third-order valence-corrected chi connectivity index (χ3v) is 6.28. The van der Waals surface area contributed by atoms with Crippen molar-refractivity contribution in [2.45, 2.75) is 56.8 Å². The number of anilines is 1. The van der Waals surface area contributed by atoms with Crippen molar-refractivity contribution >= 4 is 5.69 Å². The van der Waals surface area contributed by atoms with E-state index in [4.69, 9.17) is 5.73 Å². The van der Waals surface area contributed by atoms with Crippen molar-refractivity contribution in [1.29, 1.82) is 0 Å². The van der Waals surface area contributed by atoms with Crippen molar-refractivity contribution in [3.63, 3.8) is 0 Å². The van der Waals surface area contributed by atoms with E-state index in [1.807, 2.05) is 6.07 Å². The highest BCUT2D eigenvalue weighted by Gasteiger charge is 2.57. The molecule has 0 fully saturated rings. The van der Waals surface area contributed by atoms with Crippen LogP contribution in [0, 0.1) is 0 Å². The van der Waals surface area contributed by atoms with Crippen LogP contribution in [0.2, 0.25) is 0 Å². The van der Waals surface area contributed by atoms with E-state index in [1.165, 1.54) is 0 Å². The third kappa shape index (κ3) is 1.88. The topological polar surface area (TPSA) is 86.7 Å². The van der Waals surface area contributed by atoms with Gasteiger partial charge in [0.2, 0.25) is 0 Å². The normalized spacial score (nSPS) is 25.1. The number of fused-ring (bicyclic) bond motifs is 4. The van der Waals surface area contributed by atoms with Crippen LogP contribution in [0.4, 0.5) is 5.69 Å². The van der Waals surface area contributed by atoms with Gasteiger partial charge < -0.3 is 21.1 Å². The summed E-state index contributed by atoms with van der Waals surface area (Å²) < 4.78 is 0. The van der Waals surface area contributed by atoms with Gasteiger partial charge in [0.1, 0.15) is 5.75 Å². The SMILES string of the molecule is CC1(C)CC2(CC(C)(C)c3ccc(O)c(N)c32)c2cc(O)c(O)cc21. The summed E-state index contributed by atoms with van der Waals surface area (Å²) in [7, 11) is 0. The van der Waals surface area contributed by atoms with E-state index >= 15 is 0 Å². The molecule has 0 radical (unpaired) electrons. The lowest BCUT2D eigenvalue weighted by atomic mass is 9.72. The first-order chi connectivity index (χ1) is 11.5. The molecule has 0 bridgehead atoms. The number of aromatic hydroxyl groups is 3. The van der Waals surface area contributed by atoms with Crippen molar-refractivity contribution < 1.29 is 15.3 Å². The van der Waals surface area contributed by atoms with Gasteiger partial charge in [0, 0.05) is 5.41 Å². The summed E-state index contributed by atoms with van der Waals surface area (Å²) in [6.45, 7) is 8.70. The summed E-state index contributed by atoms with van der Waals surface area (Å²) in [5, 5.41) is 30.5. The molecule has 2 aromatic carbocycles. The zero-order valence-electron chi connectivity index (χ0n) is 15.1. The van der Waals surface area contributed by atoms with Gasteiger partial charge >= 0.3 is 0 Å². The number of phenols is 3. The number of hydrogen-bond acceptors (Lipinski definition) is 4. The number of rotatable bonds is 0. The molecule has 4 rings (SSSR count). The Morgan fingerprint density at radius 2 is 1.28 bits per heavy atom. The molecule has 1 unspecified atom stereocenters. The quantitative estimate of drug-likeness (QED) is 0.431. The molecule has 4 nitrogen and oxygen atoms in total. The fourth-order valence-corrected chi connectivity index (χ4v) is 5.48. The Morgan fingerprint density at radius 1 is 0.760 bits per heavy atom. The Kier molecular flexibility index (Phi) is 2.85. The Balaban J connectivity index is 2.11. The Morgan fingerprint density at radius 3 is 1.88 bits per heavy atom. The van der Waals surface area contributed by atoms with Crippen LogP contribution >= 0.6 is 0 Å². The van der Waals surface area contributed by atoms with Crippen LogP contribution in [0.25, 0.3) is 0 Å². The number of phenolic OH excluding ortho intramolecular Hbond substituents is 3. The third-order valence-electron chi connectivity index (χ3n) is 6.28. The molecule has 0 amide bonds. The molecule has 0 saturated heterocycles. The van der Waals surface area contributed by atoms with Gasteiger partial charge in [-0.3, -0.25) is 0 Å². The highest BCUT2D eigenvalue weighted by molar-refractivity contribution is 5.72. The lowest BCUT2D eigenvalue weighted by Gasteiger charge is -2.31. The molecule has 1 spiro atoms. The van der Waals surface area contributed by atoms with Crippen molar-refractivity contribution in [2.75, 3.05) is 5.73 Å². The molecule has 0 aromatic heterocycles. The van der Waals surface area contributed by atoms with Crippen LogP contribution in [0.1, 0.15) is 62.8 Å². The van der Waals surface area contributed by atoms with Crippen molar-refractivity contribution in [1.82, 2.24) is 0 Å². The minimum absolute atomic E-state index is 0.0924. The van der Waals surface area contributed by atoms with Crippen molar-refractivity contribution in [3.8, 4) is 17.2 Å². The molecule has 0 saturated carbocycles. The first-order valence-electron chi connectivity index (χ1n) is 8.69. The van der Waals surface area contributed by atoms with E-state index in [1.54, 1.807) is 18.2 Å². The van der Waals surface area contributed by atoms with Gasteiger partial charge in [-0.05, 0) is 64.1 Å². The van der Waals surface area contributed by atoms with Crippen molar-refractivity contribution in [3.05, 3.63) is 46.5 Å². The number of hydrogen-bond donors (Lipinski definition) is 4. The average molecular weight is 339 g/mol. The van der Waals surface area contributed by atoms with Crippen molar-refractivity contribution in [2.24, 2.45) is 0 Å². The maximum atomic E-state index is 10.3. The lowest BCUT2D eigenvalue weighted by molar-refractivity contribution is 0.349. The molecule has 0 aliphatic heterocycles. The van der Waals surface area contributed by atoms with Gasteiger partial charge in [-0.1, -0.05) is 33.8 Å². The Hall–Kier alpha value is -2.36. The summed E-state index contributed by atoms with van der Waals surface area (Å²) >= 11 is 0. The zero-order valence-corrected chi connectivity index (χ0v) is 15.1. The summed E-state index contributed by atoms with van der Waals surface area (Å²) in [4.78, 5) is 0. The van der Waals surface area contributed by atoms with E-state index in [2.05, 4.69) is 27.7 Å². The van der Waals surface area contributed by atoms with Gasteiger partial charge in [0.25, 0.3) is 0 Å². The van der Waals surface area contributed by atoms with Crippen LogP contribution in [-0.2, 0) is 16.2 Å². The molecule has 0 heterocycles. The Bertz CT molecular complexity index is 914. The first kappa shape index (κ1) is 16.1. The number of nitrogen functional groups attached to an aromatic ring is 1. The summed E-state index contributed by atoms with van der Waals surface area (Å²) in [5.41, 5.74) is 10.3. The summed E-state index contributed by atoms with van der Waals surface area (Å²) in [6, 6.07) is 7.02. The first-order valence-corrected chi connectivity index (χ1v) is 8.69. The molecular formula is C21H25NO3. The fraction of sp³-hybridized carbons (Fsp3) is 0.429. The van der Waals surface area contributed by atoms with Crippen LogP contribution in [0.5, 0.6) is 17.2 Å². The van der Waals surface area contributed by atoms with Crippen LogP contribution < -0.4 is 5.73 Å². The monoisotopic (exact) mass is 339 g/mol. The minimum Gasteiger partial charge on any atom is -0.506 e.